The number of aryl methyl sites for hydroxylation is 1. The highest BCUT2D eigenvalue weighted by atomic mass is 35.5. The highest BCUT2D eigenvalue weighted by Gasteiger charge is 2.16. The van der Waals surface area contributed by atoms with Crippen molar-refractivity contribution >= 4 is 11.6 Å². The van der Waals surface area contributed by atoms with Crippen LogP contribution in [0.1, 0.15) is 30.5 Å². The van der Waals surface area contributed by atoms with Crippen LogP contribution in [-0.2, 0) is 0 Å². The van der Waals surface area contributed by atoms with E-state index in [1.807, 2.05) is 6.92 Å². The molecule has 1 aromatic carbocycles. The van der Waals surface area contributed by atoms with E-state index in [4.69, 9.17) is 17.3 Å². The Morgan fingerprint density at radius 3 is 2.73 bits per heavy atom. The summed E-state index contributed by atoms with van der Waals surface area (Å²) in [5.41, 5.74) is 7.75. The van der Waals surface area contributed by atoms with Crippen LogP contribution in [0.2, 0.25) is 5.02 Å². The van der Waals surface area contributed by atoms with Crippen LogP contribution in [0, 0.1) is 12.7 Å². The first-order valence-corrected chi connectivity index (χ1v) is 5.15. The van der Waals surface area contributed by atoms with Crippen LogP contribution < -0.4 is 5.73 Å². The molecule has 1 atom stereocenters. The lowest BCUT2D eigenvalue weighted by atomic mass is 9.99. The Labute approximate surface area is 94.7 Å². The van der Waals surface area contributed by atoms with Gasteiger partial charge in [-0.25, -0.2) is 4.39 Å². The van der Waals surface area contributed by atoms with Crippen LogP contribution in [0.15, 0.2) is 24.3 Å². The number of halogens is 2. The van der Waals surface area contributed by atoms with E-state index in [9.17, 15) is 4.39 Å². The first-order valence-electron chi connectivity index (χ1n) is 4.78. The van der Waals surface area contributed by atoms with Crippen LogP contribution >= 0.6 is 11.6 Å². The van der Waals surface area contributed by atoms with Gasteiger partial charge in [0, 0.05) is 16.6 Å². The van der Waals surface area contributed by atoms with Crippen molar-refractivity contribution in [1.29, 1.82) is 0 Å². The number of hydrogen-bond acceptors (Lipinski definition) is 1. The maximum Gasteiger partial charge on any atom is 0.132 e. The maximum absolute atomic E-state index is 13.8. The van der Waals surface area contributed by atoms with Gasteiger partial charge in [0.15, 0.2) is 0 Å². The largest absolute Gasteiger partial charge is 0.324 e. The van der Waals surface area contributed by atoms with Gasteiger partial charge in [-0.15, -0.1) is 6.58 Å². The standard InChI is InChI=1S/C12H15ClFN/c1-7(2)6-10(15)11-9(13)5-4-8(3)12(11)14/h4-5,10H,1,6,15H2,2-3H3/t10-/m0/s1. The average Bonchev–Trinajstić information content (AvgIpc) is 2.11. The Hall–Kier alpha value is -0.860. The van der Waals surface area contributed by atoms with Gasteiger partial charge in [0.1, 0.15) is 5.82 Å². The zero-order valence-electron chi connectivity index (χ0n) is 8.98. The Bertz CT molecular complexity index is 387. The smallest absolute Gasteiger partial charge is 0.132 e. The lowest BCUT2D eigenvalue weighted by Gasteiger charge is -2.15. The summed E-state index contributed by atoms with van der Waals surface area (Å²) in [5.74, 6) is -0.309. The van der Waals surface area contributed by atoms with Gasteiger partial charge in [-0.3, -0.25) is 0 Å². The number of nitrogens with two attached hydrogens (primary N) is 1. The van der Waals surface area contributed by atoms with Crippen molar-refractivity contribution in [3.63, 3.8) is 0 Å². The normalized spacial score (nSPS) is 12.6. The molecule has 0 unspecified atom stereocenters. The number of hydrogen-bond donors (Lipinski definition) is 1. The molecule has 1 nitrogen and oxygen atoms in total. The Kier molecular flexibility index (Phi) is 3.89. The van der Waals surface area contributed by atoms with Gasteiger partial charge in [-0.1, -0.05) is 23.2 Å². The molecule has 0 fully saturated rings. The second-order valence-corrected chi connectivity index (χ2v) is 4.27. The van der Waals surface area contributed by atoms with Crippen LogP contribution in [0.3, 0.4) is 0 Å². The fourth-order valence-electron chi connectivity index (χ4n) is 1.50. The lowest BCUT2D eigenvalue weighted by molar-refractivity contribution is 0.572. The molecule has 0 saturated carbocycles. The van der Waals surface area contributed by atoms with E-state index in [-0.39, 0.29) is 5.82 Å². The second-order valence-electron chi connectivity index (χ2n) is 3.86. The Morgan fingerprint density at radius 1 is 1.60 bits per heavy atom. The zero-order chi connectivity index (χ0) is 11.6. The first kappa shape index (κ1) is 12.2. The van der Waals surface area contributed by atoms with E-state index in [1.54, 1.807) is 19.1 Å². The quantitative estimate of drug-likeness (QED) is 0.782. The maximum atomic E-state index is 13.8. The van der Waals surface area contributed by atoms with Crippen molar-refractivity contribution in [1.82, 2.24) is 0 Å². The van der Waals surface area contributed by atoms with Crippen molar-refractivity contribution < 1.29 is 4.39 Å². The van der Waals surface area contributed by atoms with Gasteiger partial charge in [0.05, 0.1) is 0 Å². The van der Waals surface area contributed by atoms with Crippen molar-refractivity contribution in [3.8, 4) is 0 Å². The predicted molar refractivity (Wildman–Crippen MR) is 62.5 cm³/mol. The summed E-state index contributed by atoms with van der Waals surface area (Å²) < 4.78 is 13.8. The molecule has 0 aromatic heterocycles. The van der Waals surface area contributed by atoms with Gasteiger partial charge >= 0.3 is 0 Å². The van der Waals surface area contributed by atoms with Crippen molar-refractivity contribution in [3.05, 3.63) is 46.3 Å². The fraction of sp³-hybridized carbons (Fsp3) is 0.333. The third-order valence-electron chi connectivity index (χ3n) is 2.26. The molecule has 0 heterocycles. The zero-order valence-corrected chi connectivity index (χ0v) is 9.74. The minimum atomic E-state index is -0.421. The van der Waals surface area contributed by atoms with Gasteiger partial charge in [0.2, 0.25) is 0 Å². The summed E-state index contributed by atoms with van der Waals surface area (Å²) in [4.78, 5) is 0. The van der Waals surface area contributed by atoms with Gasteiger partial charge < -0.3 is 5.73 Å². The SMILES string of the molecule is C=C(C)C[C@H](N)c1c(Cl)ccc(C)c1F. The summed E-state index contributed by atoms with van der Waals surface area (Å²) in [6, 6.07) is 2.90. The number of rotatable bonds is 3. The molecular weight excluding hydrogens is 213 g/mol. The summed E-state index contributed by atoms with van der Waals surface area (Å²) in [5, 5.41) is 0.381. The molecule has 1 rings (SSSR count). The molecule has 82 valence electrons. The topological polar surface area (TPSA) is 26.0 Å². The van der Waals surface area contributed by atoms with Gasteiger partial charge in [-0.05, 0) is 31.9 Å². The molecule has 0 radical (unpaired) electrons. The molecule has 2 N–H and O–H groups in total. The average molecular weight is 228 g/mol. The summed E-state index contributed by atoms with van der Waals surface area (Å²) >= 11 is 5.93. The third-order valence-corrected chi connectivity index (χ3v) is 2.59. The first-order chi connectivity index (χ1) is 6.93. The molecular formula is C12H15ClFN. The fourth-order valence-corrected chi connectivity index (χ4v) is 1.78. The van der Waals surface area contributed by atoms with Crippen LogP contribution in [0.5, 0.6) is 0 Å². The van der Waals surface area contributed by atoms with Crippen molar-refractivity contribution in [2.24, 2.45) is 5.73 Å². The van der Waals surface area contributed by atoms with Crippen LogP contribution in [0.25, 0.3) is 0 Å². The predicted octanol–water partition coefficient (Wildman–Crippen LogP) is 3.75. The van der Waals surface area contributed by atoms with E-state index < -0.39 is 6.04 Å². The molecule has 0 spiro atoms. The Morgan fingerprint density at radius 2 is 2.20 bits per heavy atom. The molecule has 0 aliphatic carbocycles. The summed E-state index contributed by atoms with van der Waals surface area (Å²) in [6.07, 6.45) is 0.542. The molecule has 0 saturated heterocycles. The minimum Gasteiger partial charge on any atom is -0.324 e. The lowest BCUT2D eigenvalue weighted by Crippen LogP contribution is -2.13. The van der Waals surface area contributed by atoms with E-state index in [1.165, 1.54) is 0 Å². The van der Waals surface area contributed by atoms with Crippen LogP contribution in [-0.4, -0.2) is 0 Å². The molecule has 0 aliphatic rings. The van der Waals surface area contributed by atoms with E-state index in [2.05, 4.69) is 6.58 Å². The number of benzene rings is 1. The summed E-state index contributed by atoms with van der Waals surface area (Å²) in [7, 11) is 0. The van der Waals surface area contributed by atoms with Gasteiger partial charge in [0.25, 0.3) is 0 Å². The highest BCUT2D eigenvalue weighted by molar-refractivity contribution is 6.31. The third kappa shape index (κ3) is 2.80. The molecule has 0 aliphatic heterocycles. The molecule has 0 bridgehead atoms. The van der Waals surface area contributed by atoms with E-state index >= 15 is 0 Å². The molecule has 3 heteroatoms. The van der Waals surface area contributed by atoms with Crippen LogP contribution in [0.4, 0.5) is 4.39 Å². The van der Waals surface area contributed by atoms with Gasteiger partial charge in [-0.2, -0.15) is 0 Å². The Balaban J connectivity index is 3.12. The molecule has 1 aromatic rings. The molecule has 15 heavy (non-hydrogen) atoms. The monoisotopic (exact) mass is 227 g/mol. The van der Waals surface area contributed by atoms with Crippen molar-refractivity contribution in [2.75, 3.05) is 0 Å². The van der Waals surface area contributed by atoms with E-state index in [0.29, 0.717) is 22.6 Å². The van der Waals surface area contributed by atoms with Crippen molar-refractivity contribution in [2.45, 2.75) is 26.3 Å². The highest BCUT2D eigenvalue weighted by Crippen LogP contribution is 2.29. The summed E-state index contributed by atoms with van der Waals surface area (Å²) in [6.45, 7) is 7.32. The minimum absolute atomic E-state index is 0.309. The van der Waals surface area contributed by atoms with E-state index in [0.717, 1.165) is 5.57 Å². The second kappa shape index (κ2) is 4.77. The molecule has 0 amide bonds.